The largest absolute Gasteiger partial charge is 0.452 e. The first kappa shape index (κ1) is 20.2. The summed E-state index contributed by atoms with van der Waals surface area (Å²) in [6.07, 6.45) is 2.26. The van der Waals surface area contributed by atoms with Gasteiger partial charge < -0.3 is 10.1 Å². The molecule has 0 aromatic heterocycles. The molecule has 2 aromatic carbocycles. The second-order valence-corrected chi connectivity index (χ2v) is 5.26. The van der Waals surface area contributed by atoms with Gasteiger partial charge in [-0.15, -0.1) is 0 Å². The maximum atomic E-state index is 13.2. The van der Waals surface area contributed by atoms with Crippen LogP contribution in [0.1, 0.15) is 5.56 Å². The van der Waals surface area contributed by atoms with Crippen LogP contribution in [0.15, 0.2) is 48.5 Å². The second-order valence-electron chi connectivity index (χ2n) is 5.26. The molecular weight excluding hydrogens is 377 g/mol. The molecule has 0 saturated heterocycles. The predicted octanol–water partition coefficient (Wildman–Crippen LogP) is 2.84. The van der Waals surface area contributed by atoms with Crippen molar-refractivity contribution in [1.82, 2.24) is 0 Å². The summed E-state index contributed by atoms with van der Waals surface area (Å²) in [6, 6.07) is 8.28. The van der Waals surface area contributed by atoms with E-state index in [4.69, 9.17) is 4.74 Å². The fourth-order valence-electron chi connectivity index (χ4n) is 2.02. The summed E-state index contributed by atoms with van der Waals surface area (Å²) in [7, 11) is 0. The third kappa shape index (κ3) is 5.69. The lowest BCUT2D eigenvalue weighted by atomic mass is 10.2. The molecule has 0 bridgehead atoms. The molecule has 0 unspecified atom stereocenters. The van der Waals surface area contributed by atoms with Gasteiger partial charge in [-0.05, 0) is 23.8 Å². The van der Waals surface area contributed by atoms with Crippen molar-refractivity contribution in [1.29, 1.82) is 0 Å². The van der Waals surface area contributed by atoms with Crippen molar-refractivity contribution < 1.29 is 28.6 Å². The van der Waals surface area contributed by atoms with Crippen molar-refractivity contribution in [3.63, 3.8) is 0 Å². The molecule has 0 aliphatic rings. The quantitative estimate of drug-likeness (QED) is 0.332. The van der Waals surface area contributed by atoms with E-state index in [9.17, 15) is 34.2 Å². The van der Waals surface area contributed by atoms with Gasteiger partial charge in [0, 0.05) is 30.0 Å². The molecule has 2 aromatic rings. The van der Waals surface area contributed by atoms with Crippen LogP contribution in [0.2, 0.25) is 0 Å². The summed E-state index contributed by atoms with van der Waals surface area (Å²) in [5.74, 6) is -2.73. The van der Waals surface area contributed by atoms with Gasteiger partial charge in [-0.3, -0.25) is 25.0 Å². The number of non-ortho nitro benzene ring substituents is 1. The van der Waals surface area contributed by atoms with E-state index in [-0.39, 0.29) is 11.4 Å². The number of benzene rings is 2. The Hall–Kier alpha value is -4.15. The first-order valence-corrected chi connectivity index (χ1v) is 7.59. The summed E-state index contributed by atoms with van der Waals surface area (Å²) in [5.41, 5.74) is -0.617. The molecule has 0 radical (unpaired) electrons. The lowest BCUT2D eigenvalue weighted by Crippen LogP contribution is -2.20. The van der Waals surface area contributed by atoms with Crippen LogP contribution in [0.5, 0.6) is 0 Å². The highest BCUT2D eigenvalue weighted by Crippen LogP contribution is 2.21. The van der Waals surface area contributed by atoms with Crippen molar-refractivity contribution >= 4 is 35.0 Å². The number of amides is 1. The molecule has 1 amide bonds. The van der Waals surface area contributed by atoms with Gasteiger partial charge in [0.25, 0.3) is 11.6 Å². The minimum absolute atomic E-state index is 0.0405. The average Bonchev–Trinajstić information content (AvgIpc) is 2.66. The zero-order valence-corrected chi connectivity index (χ0v) is 14.0. The Bertz CT molecular complexity index is 975. The summed E-state index contributed by atoms with van der Waals surface area (Å²) in [6.45, 7) is -0.691. The Morgan fingerprint density at radius 3 is 2.54 bits per heavy atom. The molecule has 0 fully saturated rings. The standard InChI is InChI=1S/C17H12FN3O7/c18-14-6-5-12(9-15(14)21(26)27)19-16(22)10-28-17(23)7-4-11-2-1-3-13(8-11)20(24)25/h1-9H,10H2,(H,19,22)/b7-4+. The van der Waals surface area contributed by atoms with E-state index in [1.807, 2.05) is 0 Å². The molecule has 0 heterocycles. The summed E-state index contributed by atoms with van der Waals surface area (Å²) in [5, 5.41) is 23.6. The van der Waals surface area contributed by atoms with E-state index in [2.05, 4.69) is 5.32 Å². The van der Waals surface area contributed by atoms with Gasteiger partial charge >= 0.3 is 11.7 Å². The lowest BCUT2D eigenvalue weighted by Gasteiger charge is -2.05. The van der Waals surface area contributed by atoms with E-state index in [1.165, 1.54) is 30.3 Å². The van der Waals surface area contributed by atoms with Gasteiger partial charge in [0.15, 0.2) is 6.61 Å². The Labute approximate surface area is 156 Å². The summed E-state index contributed by atoms with van der Waals surface area (Å²) < 4.78 is 17.9. The first-order chi connectivity index (χ1) is 13.3. The Morgan fingerprint density at radius 2 is 1.86 bits per heavy atom. The molecule has 0 aliphatic carbocycles. The summed E-state index contributed by atoms with van der Waals surface area (Å²) in [4.78, 5) is 43.2. The van der Waals surface area contributed by atoms with Crippen LogP contribution in [-0.2, 0) is 14.3 Å². The highest BCUT2D eigenvalue weighted by atomic mass is 19.1. The van der Waals surface area contributed by atoms with E-state index in [0.717, 1.165) is 24.3 Å². The van der Waals surface area contributed by atoms with Crippen LogP contribution >= 0.6 is 0 Å². The van der Waals surface area contributed by atoms with Crippen LogP contribution in [0, 0.1) is 26.0 Å². The van der Waals surface area contributed by atoms with Gasteiger partial charge in [-0.1, -0.05) is 12.1 Å². The van der Waals surface area contributed by atoms with Gasteiger partial charge in [0.1, 0.15) is 0 Å². The number of hydrogen-bond donors (Lipinski definition) is 1. The molecule has 0 saturated carbocycles. The third-order valence-electron chi connectivity index (χ3n) is 3.27. The third-order valence-corrected chi connectivity index (χ3v) is 3.27. The molecule has 28 heavy (non-hydrogen) atoms. The van der Waals surface area contributed by atoms with Crippen molar-refractivity contribution in [3.8, 4) is 0 Å². The number of carbonyl (C=O) groups excluding carboxylic acids is 2. The van der Waals surface area contributed by atoms with E-state index < -0.39 is 39.8 Å². The zero-order valence-electron chi connectivity index (χ0n) is 14.0. The van der Waals surface area contributed by atoms with E-state index in [1.54, 1.807) is 0 Å². The molecule has 0 atom stereocenters. The van der Waals surface area contributed by atoms with Crippen molar-refractivity contribution in [2.75, 3.05) is 11.9 Å². The number of nitrogens with one attached hydrogen (secondary N) is 1. The number of carbonyl (C=O) groups is 2. The van der Waals surface area contributed by atoms with Crippen molar-refractivity contribution in [2.24, 2.45) is 0 Å². The molecule has 2 rings (SSSR count). The monoisotopic (exact) mass is 389 g/mol. The molecule has 10 nitrogen and oxygen atoms in total. The number of rotatable bonds is 7. The number of halogens is 1. The second kappa shape index (κ2) is 8.98. The predicted molar refractivity (Wildman–Crippen MR) is 94.8 cm³/mol. The van der Waals surface area contributed by atoms with E-state index >= 15 is 0 Å². The number of anilines is 1. The maximum Gasteiger partial charge on any atom is 0.331 e. The molecule has 11 heteroatoms. The van der Waals surface area contributed by atoms with Gasteiger partial charge in [0.2, 0.25) is 5.82 Å². The number of nitro benzene ring substituents is 2. The van der Waals surface area contributed by atoms with Crippen LogP contribution in [-0.4, -0.2) is 28.3 Å². The van der Waals surface area contributed by atoms with E-state index in [0.29, 0.717) is 5.56 Å². The molecule has 0 spiro atoms. The topological polar surface area (TPSA) is 142 Å². The van der Waals surface area contributed by atoms with Crippen LogP contribution in [0.4, 0.5) is 21.5 Å². The molecule has 144 valence electrons. The normalized spacial score (nSPS) is 10.5. The fourth-order valence-corrected chi connectivity index (χ4v) is 2.02. The lowest BCUT2D eigenvalue weighted by molar-refractivity contribution is -0.387. The Morgan fingerprint density at radius 1 is 1.11 bits per heavy atom. The average molecular weight is 389 g/mol. The van der Waals surface area contributed by atoms with Gasteiger partial charge in [-0.25, -0.2) is 4.79 Å². The van der Waals surface area contributed by atoms with Crippen LogP contribution in [0.3, 0.4) is 0 Å². The Balaban J connectivity index is 1.89. The summed E-state index contributed by atoms with van der Waals surface area (Å²) >= 11 is 0. The van der Waals surface area contributed by atoms with Crippen molar-refractivity contribution in [2.45, 2.75) is 0 Å². The number of esters is 1. The minimum atomic E-state index is -1.05. The van der Waals surface area contributed by atoms with Crippen LogP contribution < -0.4 is 5.32 Å². The SMILES string of the molecule is O=C(COC(=O)/C=C/c1cccc([N+](=O)[O-])c1)Nc1ccc(F)c([N+](=O)[O-])c1. The Kier molecular flexibility index (Phi) is 6.47. The minimum Gasteiger partial charge on any atom is -0.452 e. The first-order valence-electron chi connectivity index (χ1n) is 7.59. The highest BCUT2D eigenvalue weighted by Gasteiger charge is 2.15. The number of nitro groups is 2. The molecule has 0 aliphatic heterocycles. The number of hydrogen-bond acceptors (Lipinski definition) is 7. The fraction of sp³-hybridized carbons (Fsp3) is 0.0588. The van der Waals surface area contributed by atoms with Crippen molar-refractivity contribution in [3.05, 3.63) is 80.1 Å². The zero-order chi connectivity index (χ0) is 20.7. The highest BCUT2D eigenvalue weighted by molar-refractivity contribution is 5.94. The number of nitrogens with zero attached hydrogens (tertiary/aromatic N) is 2. The van der Waals surface area contributed by atoms with Gasteiger partial charge in [-0.2, -0.15) is 4.39 Å². The van der Waals surface area contributed by atoms with Crippen LogP contribution in [0.25, 0.3) is 6.08 Å². The van der Waals surface area contributed by atoms with Gasteiger partial charge in [0.05, 0.1) is 9.85 Å². The maximum absolute atomic E-state index is 13.2. The molecular formula is C17H12FN3O7. The number of ether oxygens (including phenoxy) is 1. The smallest absolute Gasteiger partial charge is 0.331 e. The molecule has 1 N–H and O–H groups in total.